The first-order valence-electron chi connectivity index (χ1n) is 7.54. The number of carbonyl (C=O) groups excluding carboxylic acids is 1. The van der Waals surface area contributed by atoms with E-state index < -0.39 is 0 Å². The fourth-order valence-electron chi connectivity index (χ4n) is 2.37. The standard InChI is InChI=1S/C17H18N4O4/c1-23-12-4-5-14(24-2)11(8-12)9-18-17(22)13-10-21-15(19-13)6-7-16(20-21)25-3/h4-8,10H,9H2,1-3H3,(H,18,22). The third-order valence-electron chi connectivity index (χ3n) is 3.66. The fourth-order valence-corrected chi connectivity index (χ4v) is 2.37. The van der Waals surface area contributed by atoms with Gasteiger partial charge < -0.3 is 19.5 Å². The molecule has 8 nitrogen and oxygen atoms in total. The minimum atomic E-state index is -0.311. The van der Waals surface area contributed by atoms with E-state index in [1.807, 2.05) is 6.07 Å². The van der Waals surface area contributed by atoms with Crippen LogP contribution in [0.25, 0.3) is 5.65 Å². The molecule has 1 N–H and O–H groups in total. The number of rotatable bonds is 6. The lowest BCUT2D eigenvalue weighted by molar-refractivity contribution is 0.0946. The van der Waals surface area contributed by atoms with Crippen molar-refractivity contribution in [3.63, 3.8) is 0 Å². The van der Waals surface area contributed by atoms with Crippen molar-refractivity contribution in [3.05, 3.63) is 47.8 Å². The number of nitrogens with zero attached hydrogens (tertiary/aromatic N) is 3. The first-order chi connectivity index (χ1) is 12.1. The Morgan fingerprint density at radius 2 is 1.96 bits per heavy atom. The molecule has 0 saturated heterocycles. The number of aromatic nitrogens is 3. The first-order valence-corrected chi connectivity index (χ1v) is 7.54. The van der Waals surface area contributed by atoms with Crippen molar-refractivity contribution >= 4 is 11.6 Å². The Labute approximate surface area is 144 Å². The molecule has 1 amide bonds. The molecule has 0 aliphatic rings. The molecule has 0 spiro atoms. The monoisotopic (exact) mass is 342 g/mol. The Hall–Kier alpha value is -3.29. The van der Waals surface area contributed by atoms with Gasteiger partial charge in [-0.3, -0.25) is 4.79 Å². The van der Waals surface area contributed by atoms with Gasteiger partial charge in [-0.2, -0.15) is 0 Å². The maximum atomic E-state index is 12.4. The fraction of sp³-hybridized carbons (Fsp3) is 0.235. The molecule has 1 aromatic carbocycles. The van der Waals surface area contributed by atoms with Gasteiger partial charge in [0.1, 0.15) is 17.2 Å². The molecule has 0 unspecified atom stereocenters. The van der Waals surface area contributed by atoms with E-state index in [0.717, 1.165) is 5.56 Å². The maximum absolute atomic E-state index is 12.4. The molecule has 3 rings (SSSR count). The van der Waals surface area contributed by atoms with Crippen LogP contribution in [-0.2, 0) is 6.54 Å². The summed E-state index contributed by atoms with van der Waals surface area (Å²) >= 11 is 0. The van der Waals surface area contributed by atoms with Gasteiger partial charge in [-0.25, -0.2) is 9.50 Å². The van der Waals surface area contributed by atoms with Crippen LogP contribution in [-0.4, -0.2) is 41.8 Å². The highest BCUT2D eigenvalue weighted by atomic mass is 16.5. The molecule has 0 aliphatic heterocycles. The van der Waals surface area contributed by atoms with Crippen molar-refractivity contribution in [2.24, 2.45) is 0 Å². The molecule has 25 heavy (non-hydrogen) atoms. The van der Waals surface area contributed by atoms with Crippen LogP contribution in [0.5, 0.6) is 17.4 Å². The summed E-state index contributed by atoms with van der Waals surface area (Å²) in [5, 5.41) is 7.00. The molecule has 0 saturated carbocycles. The van der Waals surface area contributed by atoms with Crippen LogP contribution < -0.4 is 19.5 Å². The van der Waals surface area contributed by atoms with E-state index in [-0.39, 0.29) is 18.1 Å². The van der Waals surface area contributed by atoms with Gasteiger partial charge in [0.2, 0.25) is 5.88 Å². The van der Waals surface area contributed by atoms with E-state index >= 15 is 0 Å². The second-order valence-electron chi connectivity index (χ2n) is 5.17. The average molecular weight is 342 g/mol. The molecule has 0 bridgehead atoms. The van der Waals surface area contributed by atoms with E-state index in [9.17, 15) is 4.79 Å². The van der Waals surface area contributed by atoms with Crippen LogP contribution in [0.1, 0.15) is 16.1 Å². The van der Waals surface area contributed by atoms with Gasteiger partial charge in [0.15, 0.2) is 5.65 Å². The minimum absolute atomic E-state index is 0.266. The topological polar surface area (TPSA) is 87.0 Å². The van der Waals surface area contributed by atoms with Gasteiger partial charge in [0, 0.05) is 18.2 Å². The van der Waals surface area contributed by atoms with Crippen molar-refractivity contribution in [2.45, 2.75) is 6.54 Å². The number of amides is 1. The molecule has 2 heterocycles. The van der Waals surface area contributed by atoms with Crippen molar-refractivity contribution < 1.29 is 19.0 Å². The Balaban J connectivity index is 1.76. The molecule has 0 fully saturated rings. The summed E-state index contributed by atoms with van der Waals surface area (Å²) in [6.45, 7) is 0.282. The predicted molar refractivity (Wildman–Crippen MR) is 90.3 cm³/mol. The van der Waals surface area contributed by atoms with E-state index in [1.165, 1.54) is 11.6 Å². The number of ether oxygens (including phenoxy) is 3. The van der Waals surface area contributed by atoms with Gasteiger partial charge in [0.05, 0.1) is 27.5 Å². The van der Waals surface area contributed by atoms with Crippen LogP contribution in [0.15, 0.2) is 36.5 Å². The molecule has 3 aromatic rings. The number of hydrogen-bond donors (Lipinski definition) is 1. The summed E-state index contributed by atoms with van der Waals surface area (Å²) in [7, 11) is 4.69. The van der Waals surface area contributed by atoms with Crippen molar-refractivity contribution in [1.29, 1.82) is 0 Å². The summed E-state index contributed by atoms with van der Waals surface area (Å²) in [5.74, 6) is 1.49. The van der Waals surface area contributed by atoms with Crippen LogP contribution >= 0.6 is 0 Å². The van der Waals surface area contributed by atoms with Gasteiger partial charge in [-0.1, -0.05) is 0 Å². The van der Waals surface area contributed by atoms with Crippen molar-refractivity contribution in [3.8, 4) is 17.4 Å². The van der Waals surface area contributed by atoms with Crippen molar-refractivity contribution in [1.82, 2.24) is 19.9 Å². The number of nitrogens with one attached hydrogen (secondary N) is 1. The smallest absolute Gasteiger partial charge is 0.271 e. The SMILES string of the molecule is COc1ccc(OC)c(CNC(=O)c2cn3nc(OC)ccc3n2)c1. The van der Waals surface area contributed by atoms with E-state index in [0.29, 0.717) is 23.0 Å². The highest BCUT2D eigenvalue weighted by Crippen LogP contribution is 2.23. The molecule has 2 aromatic heterocycles. The van der Waals surface area contributed by atoms with Crippen molar-refractivity contribution in [2.75, 3.05) is 21.3 Å². The van der Waals surface area contributed by atoms with Crippen LogP contribution in [0, 0.1) is 0 Å². The summed E-state index contributed by atoms with van der Waals surface area (Å²) in [5.41, 5.74) is 1.63. The van der Waals surface area contributed by atoms with Gasteiger partial charge in [0.25, 0.3) is 5.91 Å². The molecular formula is C17H18N4O4. The average Bonchev–Trinajstić information content (AvgIpc) is 3.08. The number of hydrogen-bond acceptors (Lipinski definition) is 6. The van der Waals surface area contributed by atoms with Gasteiger partial charge in [-0.05, 0) is 24.3 Å². The minimum Gasteiger partial charge on any atom is -0.497 e. The molecular weight excluding hydrogens is 324 g/mol. The predicted octanol–water partition coefficient (Wildman–Crippen LogP) is 1.69. The second kappa shape index (κ2) is 7.08. The zero-order chi connectivity index (χ0) is 17.8. The normalized spacial score (nSPS) is 10.5. The van der Waals surface area contributed by atoms with E-state index in [4.69, 9.17) is 14.2 Å². The number of carbonyl (C=O) groups is 1. The first kappa shape index (κ1) is 16.6. The summed E-state index contributed by atoms with van der Waals surface area (Å²) in [6, 6.07) is 8.82. The summed E-state index contributed by atoms with van der Waals surface area (Å²) in [4.78, 5) is 16.6. The summed E-state index contributed by atoms with van der Waals surface area (Å²) in [6.07, 6.45) is 1.55. The maximum Gasteiger partial charge on any atom is 0.271 e. The Bertz CT molecular complexity index is 907. The van der Waals surface area contributed by atoms with Gasteiger partial charge >= 0.3 is 0 Å². The quantitative estimate of drug-likeness (QED) is 0.733. The lowest BCUT2D eigenvalue weighted by Gasteiger charge is -2.10. The zero-order valence-corrected chi connectivity index (χ0v) is 14.1. The largest absolute Gasteiger partial charge is 0.497 e. The van der Waals surface area contributed by atoms with Crippen LogP contribution in [0.2, 0.25) is 0 Å². The van der Waals surface area contributed by atoms with Crippen LogP contribution in [0.4, 0.5) is 0 Å². The lowest BCUT2D eigenvalue weighted by Crippen LogP contribution is -2.23. The molecule has 130 valence electrons. The number of benzene rings is 1. The zero-order valence-electron chi connectivity index (χ0n) is 14.1. The number of methoxy groups -OCH3 is 3. The third-order valence-corrected chi connectivity index (χ3v) is 3.66. The Kier molecular flexibility index (Phi) is 4.69. The number of fused-ring (bicyclic) bond motifs is 1. The molecule has 0 radical (unpaired) electrons. The molecule has 0 aliphatic carbocycles. The highest BCUT2D eigenvalue weighted by Gasteiger charge is 2.13. The highest BCUT2D eigenvalue weighted by molar-refractivity contribution is 5.92. The lowest BCUT2D eigenvalue weighted by atomic mass is 10.2. The second-order valence-corrected chi connectivity index (χ2v) is 5.17. The van der Waals surface area contributed by atoms with E-state index in [1.54, 1.807) is 44.7 Å². The molecule has 8 heteroatoms. The Morgan fingerprint density at radius 3 is 2.68 bits per heavy atom. The van der Waals surface area contributed by atoms with Gasteiger partial charge in [-0.15, -0.1) is 5.10 Å². The Morgan fingerprint density at radius 1 is 1.12 bits per heavy atom. The third kappa shape index (κ3) is 3.47. The number of imidazole rings is 1. The summed E-state index contributed by atoms with van der Waals surface area (Å²) < 4.78 is 17.1. The van der Waals surface area contributed by atoms with E-state index in [2.05, 4.69) is 15.4 Å². The van der Waals surface area contributed by atoms with Crippen LogP contribution in [0.3, 0.4) is 0 Å². The molecule has 0 atom stereocenters.